The molecule has 1 fully saturated rings. The number of hydrogen-bond donors (Lipinski definition) is 2. The van der Waals surface area contributed by atoms with E-state index in [-0.39, 0.29) is 17.8 Å². The summed E-state index contributed by atoms with van der Waals surface area (Å²) in [5, 5.41) is 13.0. The van der Waals surface area contributed by atoms with Crippen LogP contribution in [-0.4, -0.2) is 31.9 Å². The van der Waals surface area contributed by atoms with E-state index < -0.39 is 9.84 Å². The van der Waals surface area contributed by atoms with Gasteiger partial charge in [-0.3, -0.25) is 0 Å². The number of aliphatic hydroxyl groups is 1. The molecule has 1 aromatic rings. The molecule has 19 heavy (non-hydrogen) atoms. The number of benzene rings is 1. The molecule has 1 aromatic carbocycles. The molecule has 0 amide bonds. The van der Waals surface area contributed by atoms with E-state index in [0.717, 1.165) is 19.3 Å². The molecule has 0 aromatic heterocycles. The zero-order valence-corrected chi connectivity index (χ0v) is 12.0. The average molecular weight is 283 g/mol. The fraction of sp³-hybridized carbons (Fsp3) is 0.571. The highest BCUT2D eigenvalue weighted by atomic mass is 32.2. The van der Waals surface area contributed by atoms with Crippen LogP contribution >= 0.6 is 0 Å². The Balaban J connectivity index is 2.12. The molecule has 0 bridgehead atoms. The zero-order chi connectivity index (χ0) is 13.9. The number of aliphatic hydroxyl groups excluding tert-OH is 1. The van der Waals surface area contributed by atoms with Crippen LogP contribution in [0.15, 0.2) is 29.2 Å². The monoisotopic (exact) mass is 283 g/mol. The van der Waals surface area contributed by atoms with Crippen molar-refractivity contribution in [2.75, 3.05) is 17.6 Å². The molecule has 4 nitrogen and oxygen atoms in total. The summed E-state index contributed by atoms with van der Waals surface area (Å²) in [6, 6.07) is 6.97. The lowest BCUT2D eigenvalue weighted by Crippen LogP contribution is -2.22. The molecule has 106 valence electrons. The zero-order valence-electron chi connectivity index (χ0n) is 11.2. The molecule has 0 spiro atoms. The maximum absolute atomic E-state index is 12.0. The van der Waals surface area contributed by atoms with E-state index in [9.17, 15) is 13.5 Å². The summed E-state index contributed by atoms with van der Waals surface area (Å²) in [5.74, 6) is 0.315. The lowest BCUT2D eigenvalue weighted by molar-refractivity contribution is 0.138. The van der Waals surface area contributed by atoms with Gasteiger partial charge in [0, 0.05) is 12.5 Å². The van der Waals surface area contributed by atoms with Crippen molar-refractivity contribution in [1.29, 1.82) is 0 Å². The quantitative estimate of drug-likeness (QED) is 0.868. The maximum Gasteiger partial charge on any atom is 0.180 e. The normalized spacial score (nSPS) is 23.5. The largest absolute Gasteiger partial charge is 0.393 e. The summed E-state index contributed by atoms with van der Waals surface area (Å²) < 4.78 is 24.0. The lowest BCUT2D eigenvalue weighted by Gasteiger charge is -2.17. The van der Waals surface area contributed by atoms with Gasteiger partial charge in [-0.25, -0.2) is 8.42 Å². The van der Waals surface area contributed by atoms with Gasteiger partial charge in [-0.2, -0.15) is 0 Å². The molecule has 0 radical (unpaired) electrons. The van der Waals surface area contributed by atoms with E-state index in [1.165, 1.54) is 0 Å². The van der Waals surface area contributed by atoms with Crippen molar-refractivity contribution in [2.45, 2.75) is 37.2 Å². The van der Waals surface area contributed by atoms with E-state index in [0.29, 0.717) is 17.1 Å². The molecule has 2 unspecified atom stereocenters. The van der Waals surface area contributed by atoms with E-state index in [1.54, 1.807) is 25.1 Å². The Labute approximate surface area is 114 Å². The van der Waals surface area contributed by atoms with Crippen molar-refractivity contribution >= 4 is 15.5 Å². The summed E-state index contributed by atoms with van der Waals surface area (Å²) >= 11 is 0. The molecule has 0 saturated heterocycles. The predicted octanol–water partition coefficient (Wildman–Crippen LogP) is 2.05. The number of hydrogen-bond acceptors (Lipinski definition) is 4. The number of anilines is 1. The predicted molar refractivity (Wildman–Crippen MR) is 76.0 cm³/mol. The highest BCUT2D eigenvalue weighted by Crippen LogP contribution is 2.27. The van der Waals surface area contributed by atoms with Gasteiger partial charge in [-0.15, -0.1) is 0 Å². The van der Waals surface area contributed by atoms with Crippen molar-refractivity contribution in [3.63, 3.8) is 0 Å². The van der Waals surface area contributed by atoms with Crippen molar-refractivity contribution < 1.29 is 13.5 Å². The third-order valence-electron chi connectivity index (χ3n) is 3.78. The first-order valence-electron chi connectivity index (χ1n) is 6.78. The fourth-order valence-electron chi connectivity index (χ4n) is 2.54. The van der Waals surface area contributed by atoms with Crippen LogP contribution in [0.5, 0.6) is 0 Å². The van der Waals surface area contributed by atoms with Crippen molar-refractivity contribution in [3.05, 3.63) is 24.3 Å². The van der Waals surface area contributed by atoms with Gasteiger partial charge in [0.1, 0.15) is 0 Å². The minimum absolute atomic E-state index is 0.0950. The second-order valence-electron chi connectivity index (χ2n) is 5.04. The minimum Gasteiger partial charge on any atom is -0.393 e. The van der Waals surface area contributed by atoms with Gasteiger partial charge >= 0.3 is 0 Å². The molecule has 0 heterocycles. The molecule has 2 atom stereocenters. The van der Waals surface area contributed by atoms with E-state index in [2.05, 4.69) is 5.32 Å². The Bertz CT molecular complexity index is 527. The van der Waals surface area contributed by atoms with Crippen LogP contribution in [0.4, 0.5) is 5.69 Å². The van der Waals surface area contributed by atoms with Crippen molar-refractivity contribution in [2.24, 2.45) is 5.92 Å². The molecular weight excluding hydrogens is 262 g/mol. The Morgan fingerprint density at radius 3 is 2.68 bits per heavy atom. The number of nitrogens with one attached hydrogen (secondary N) is 1. The number of sulfone groups is 1. The molecule has 0 aliphatic heterocycles. The van der Waals surface area contributed by atoms with Crippen LogP contribution < -0.4 is 5.32 Å². The summed E-state index contributed by atoms with van der Waals surface area (Å²) in [6.07, 6.45) is 2.63. The van der Waals surface area contributed by atoms with Gasteiger partial charge in [-0.1, -0.05) is 25.5 Å². The number of para-hydroxylation sites is 1. The third-order valence-corrected chi connectivity index (χ3v) is 5.56. The first kappa shape index (κ1) is 14.3. The van der Waals surface area contributed by atoms with Crippen LogP contribution in [0.2, 0.25) is 0 Å². The molecule has 2 rings (SSSR count). The summed E-state index contributed by atoms with van der Waals surface area (Å²) in [7, 11) is -3.21. The minimum atomic E-state index is -3.21. The Hall–Kier alpha value is -1.07. The fourth-order valence-corrected chi connectivity index (χ4v) is 3.61. The second kappa shape index (κ2) is 5.92. The van der Waals surface area contributed by atoms with Crippen LogP contribution in [0.1, 0.15) is 26.2 Å². The van der Waals surface area contributed by atoms with Gasteiger partial charge in [0.25, 0.3) is 0 Å². The highest BCUT2D eigenvalue weighted by Gasteiger charge is 2.25. The lowest BCUT2D eigenvalue weighted by atomic mass is 10.1. The third kappa shape index (κ3) is 3.28. The topological polar surface area (TPSA) is 66.4 Å². The average Bonchev–Trinajstić information content (AvgIpc) is 2.82. The molecule has 1 aliphatic rings. The van der Waals surface area contributed by atoms with E-state index in [4.69, 9.17) is 0 Å². The van der Waals surface area contributed by atoms with Gasteiger partial charge < -0.3 is 10.4 Å². The first-order valence-corrected chi connectivity index (χ1v) is 8.43. The molecule has 1 aliphatic carbocycles. The smallest absolute Gasteiger partial charge is 0.180 e. The molecule has 5 heteroatoms. The van der Waals surface area contributed by atoms with Gasteiger partial charge in [0.15, 0.2) is 9.84 Å². The number of rotatable bonds is 5. The van der Waals surface area contributed by atoms with Crippen molar-refractivity contribution in [3.8, 4) is 0 Å². The van der Waals surface area contributed by atoms with Crippen LogP contribution in [0, 0.1) is 5.92 Å². The van der Waals surface area contributed by atoms with Gasteiger partial charge in [-0.05, 0) is 25.0 Å². The SMILES string of the molecule is CCS(=O)(=O)c1ccccc1NCC1CCCC1O. The first-order chi connectivity index (χ1) is 9.04. The molecule has 2 N–H and O–H groups in total. The molecule has 1 saturated carbocycles. The van der Waals surface area contributed by atoms with E-state index in [1.807, 2.05) is 6.07 Å². The molecular formula is C14H21NO3S. The van der Waals surface area contributed by atoms with Gasteiger partial charge in [0.05, 0.1) is 22.4 Å². The standard InChI is InChI=1S/C14H21NO3S/c1-2-19(17,18)14-9-4-3-7-12(14)15-10-11-6-5-8-13(11)16/h3-4,7,9,11,13,15-16H,2,5-6,8,10H2,1H3. The van der Waals surface area contributed by atoms with Crippen LogP contribution in [0.25, 0.3) is 0 Å². The maximum atomic E-state index is 12.0. The summed E-state index contributed by atoms with van der Waals surface area (Å²) in [6.45, 7) is 2.27. The van der Waals surface area contributed by atoms with Crippen LogP contribution in [0.3, 0.4) is 0 Å². The second-order valence-corrected chi connectivity index (χ2v) is 7.29. The summed E-state index contributed by atoms with van der Waals surface area (Å²) in [5.41, 5.74) is 0.642. The van der Waals surface area contributed by atoms with Crippen molar-refractivity contribution in [1.82, 2.24) is 0 Å². The Morgan fingerprint density at radius 1 is 1.32 bits per heavy atom. The van der Waals surface area contributed by atoms with E-state index >= 15 is 0 Å². The Kier molecular flexibility index (Phi) is 4.47. The Morgan fingerprint density at radius 2 is 2.05 bits per heavy atom. The van der Waals surface area contributed by atoms with Gasteiger partial charge in [0.2, 0.25) is 0 Å². The highest BCUT2D eigenvalue weighted by molar-refractivity contribution is 7.91. The van der Waals surface area contributed by atoms with Crippen LogP contribution in [-0.2, 0) is 9.84 Å². The summed E-state index contributed by atoms with van der Waals surface area (Å²) in [4.78, 5) is 0.352.